The highest BCUT2D eigenvalue weighted by atomic mass is 16.7. The minimum Gasteiger partial charge on any atom is -0.493 e. The van der Waals surface area contributed by atoms with Gasteiger partial charge in [-0.3, -0.25) is 4.79 Å². The van der Waals surface area contributed by atoms with Gasteiger partial charge in [0.25, 0.3) is 5.56 Å². The van der Waals surface area contributed by atoms with Crippen molar-refractivity contribution in [2.45, 2.75) is 32.7 Å². The Morgan fingerprint density at radius 2 is 1.38 bits per heavy atom. The molecular weight excluding hydrogens is 438 g/mol. The van der Waals surface area contributed by atoms with Crippen LogP contribution in [0, 0.1) is 0 Å². The normalized spacial score (nSPS) is 11.4. The van der Waals surface area contributed by atoms with Gasteiger partial charge in [0.15, 0.2) is 29.3 Å². The number of fused-ring (bicyclic) bond motifs is 1. The van der Waals surface area contributed by atoms with Gasteiger partial charge in [0.1, 0.15) is 0 Å². The lowest BCUT2D eigenvalue weighted by Gasteiger charge is -2.22. The van der Waals surface area contributed by atoms with Crippen molar-refractivity contribution in [2.24, 2.45) is 7.05 Å². The number of benzene rings is 2. The fraction of sp³-hybridized carbons (Fsp3) is 0.423. The predicted molar refractivity (Wildman–Crippen MR) is 132 cm³/mol. The SMILES string of the molecule is COc1cc2cc(-c3cc(OC)c(OC(C)C)cc3CC(OC)OC)n(C)c(=O)c2cc1OC. The third-order valence-corrected chi connectivity index (χ3v) is 5.68. The Labute approximate surface area is 199 Å². The molecular formula is C26H33NO7. The zero-order chi connectivity index (χ0) is 25.0. The maximum Gasteiger partial charge on any atom is 0.258 e. The molecule has 0 saturated heterocycles. The Morgan fingerprint density at radius 3 is 1.94 bits per heavy atom. The molecule has 8 nitrogen and oxygen atoms in total. The van der Waals surface area contributed by atoms with Gasteiger partial charge in [0, 0.05) is 33.3 Å². The smallest absolute Gasteiger partial charge is 0.258 e. The number of aromatic nitrogens is 1. The standard InChI is InChI=1S/C26H33NO7/c1-15(2)34-24-11-17(12-25(32-7)33-8)18(13-23(24)31-6)20-9-16-10-21(29-4)22(30-5)14-19(16)26(28)27(20)3/h9-11,13-15,25H,12H2,1-8H3. The van der Waals surface area contributed by atoms with E-state index in [1.807, 2.05) is 32.0 Å². The molecule has 0 radical (unpaired) electrons. The second kappa shape index (κ2) is 10.8. The molecule has 3 aromatic rings. The van der Waals surface area contributed by atoms with Crippen molar-refractivity contribution in [1.82, 2.24) is 4.57 Å². The summed E-state index contributed by atoms with van der Waals surface area (Å²) in [4.78, 5) is 13.4. The van der Waals surface area contributed by atoms with Crippen LogP contribution in [-0.4, -0.2) is 52.5 Å². The molecule has 0 N–H and O–H groups in total. The maximum absolute atomic E-state index is 13.4. The van der Waals surface area contributed by atoms with Gasteiger partial charge in [-0.05, 0) is 55.1 Å². The zero-order valence-corrected chi connectivity index (χ0v) is 21.1. The molecule has 0 unspecified atom stereocenters. The van der Waals surface area contributed by atoms with Gasteiger partial charge in [0.05, 0.1) is 38.5 Å². The first-order valence-electron chi connectivity index (χ1n) is 11.0. The number of hydrogen-bond donors (Lipinski definition) is 0. The average Bonchev–Trinajstić information content (AvgIpc) is 2.83. The Balaban J connectivity index is 2.32. The molecule has 184 valence electrons. The second-order valence-corrected chi connectivity index (χ2v) is 8.12. The molecule has 0 aliphatic carbocycles. The van der Waals surface area contributed by atoms with Crippen molar-refractivity contribution in [3.63, 3.8) is 0 Å². The summed E-state index contributed by atoms with van der Waals surface area (Å²) in [7, 11) is 9.63. The maximum atomic E-state index is 13.4. The molecule has 0 spiro atoms. The summed E-state index contributed by atoms with van der Waals surface area (Å²) in [6.07, 6.45) is -0.0690. The van der Waals surface area contributed by atoms with Crippen LogP contribution in [0.4, 0.5) is 0 Å². The number of methoxy groups -OCH3 is 5. The van der Waals surface area contributed by atoms with E-state index in [1.54, 1.807) is 59.3 Å². The zero-order valence-electron chi connectivity index (χ0n) is 21.1. The van der Waals surface area contributed by atoms with Gasteiger partial charge < -0.3 is 33.0 Å². The van der Waals surface area contributed by atoms with Crippen LogP contribution in [0.2, 0.25) is 0 Å². The fourth-order valence-electron chi connectivity index (χ4n) is 3.95. The third-order valence-electron chi connectivity index (χ3n) is 5.68. The van der Waals surface area contributed by atoms with Crippen molar-refractivity contribution < 1.29 is 28.4 Å². The molecule has 0 bridgehead atoms. The van der Waals surface area contributed by atoms with Gasteiger partial charge in [-0.1, -0.05) is 0 Å². The number of pyridine rings is 1. The van der Waals surface area contributed by atoms with E-state index in [0.29, 0.717) is 40.5 Å². The molecule has 0 amide bonds. The van der Waals surface area contributed by atoms with E-state index in [2.05, 4.69) is 0 Å². The van der Waals surface area contributed by atoms with Crippen LogP contribution in [0.1, 0.15) is 19.4 Å². The van der Waals surface area contributed by atoms with Crippen LogP contribution in [0.25, 0.3) is 22.0 Å². The molecule has 3 rings (SSSR count). The molecule has 0 atom stereocenters. The van der Waals surface area contributed by atoms with E-state index in [0.717, 1.165) is 16.5 Å². The fourth-order valence-corrected chi connectivity index (χ4v) is 3.95. The van der Waals surface area contributed by atoms with Gasteiger partial charge in [-0.2, -0.15) is 0 Å². The van der Waals surface area contributed by atoms with Gasteiger partial charge in [-0.25, -0.2) is 0 Å². The Morgan fingerprint density at radius 1 is 0.794 bits per heavy atom. The van der Waals surface area contributed by atoms with E-state index in [4.69, 9.17) is 28.4 Å². The first-order chi connectivity index (χ1) is 16.3. The Hall–Kier alpha value is -3.23. The second-order valence-electron chi connectivity index (χ2n) is 8.12. The lowest BCUT2D eigenvalue weighted by Crippen LogP contribution is -2.21. The lowest BCUT2D eigenvalue weighted by molar-refractivity contribution is -0.100. The highest BCUT2D eigenvalue weighted by molar-refractivity contribution is 5.89. The molecule has 0 fully saturated rings. The monoisotopic (exact) mass is 471 g/mol. The summed E-state index contributed by atoms with van der Waals surface area (Å²) in [5, 5.41) is 1.27. The van der Waals surface area contributed by atoms with E-state index >= 15 is 0 Å². The highest BCUT2D eigenvalue weighted by Gasteiger charge is 2.21. The van der Waals surface area contributed by atoms with E-state index in [1.165, 1.54) is 0 Å². The molecule has 0 saturated carbocycles. The summed E-state index contributed by atoms with van der Waals surface area (Å²) >= 11 is 0. The first-order valence-corrected chi connectivity index (χ1v) is 11.0. The summed E-state index contributed by atoms with van der Waals surface area (Å²) in [6, 6.07) is 9.26. The molecule has 0 aliphatic rings. The Bertz CT molecular complexity index is 1210. The summed E-state index contributed by atoms with van der Waals surface area (Å²) < 4.78 is 35.0. The van der Waals surface area contributed by atoms with Crippen LogP contribution in [0.15, 0.2) is 35.1 Å². The van der Waals surface area contributed by atoms with Crippen molar-refractivity contribution in [3.8, 4) is 34.3 Å². The van der Waals surface area contributed by atoms with Crippen molar-refractivity contribution in [2.75, 3.05) is 35.5 Å². The number of ether oxygens (including phenoxy) is 6. The highest BCUT2D eigenvalue weighted by Crippen LogP contribution is 2.38. The van der Waals surface area contributed by atoms with Gasteiger partial charge >= 0.3 is 0 Å². The quantitative estimate of drug-likeness (QED) is 0.411. The van der Waals surface area contributed by atoms with E-state index in [-0.39, 0.29) is 11.7 Å². The summed E-state index contributed by atoms with van der Waals surface area (Å²) in [5.74, 6) is 2.23. The Kier molecular flexibility index (Phi) is 8.06. The molecule has 1 aromatic heterocycles. The average molecular weight is 472 g/mol. The van der Waals surface area contributed by atoms with Crippen LogP contribution in [-0.2, 0) is 22.9 Å². The first kappa shape index (κ1) is 25.4. The van der Waals surface area contributed by atoms with E-state index in [9.17, 15) is 4.79 Å². The minimum absolute atomic E-state index is 0.0410. The molecule has 2 aromatic carbocycles. The molecule has 0 aliphatic heterocycles. The van der Waals surface area contributed by atoms with Crippen LogP contribution >= 0.6 is 0 Å². The molecule has 8 heteroatoms. The number of nitrogens with zero attached hydrogens (tertiary/aromatic N) is 1. The predicted octanol–water partition coefficient (Wildman–Crippen LogP) is 4.18. The minimum atomic E-state index is -0.471. The molecule has 1 heterocycles. The number of rotatable bonds is 10. The lowest BCUT2D eigenvalue weighted by atomic mass is 9.98. The summed E-state index contributed by atoms with van der Waals surface area (Å²) in [5.41, 5.74) is 2.25. The number of hydrogen-bond acceptors (Lipinski definition) is 7. The van der Waals surface area contributed by atoms with Crippen LogP contribution < -0.4 is 24.5 Å². The topological polar surface area (TPSA) is 77.4 Å². The van der Waals surface area contributed by atoms with Crippen LogP contribution in [0.3, 0.4) is 0 Å². The summed E-state index contributed by atoms with van der Waals surface area (Å²) in [6.45, 7) is 3.91. The third kappa shape index (κ3) is 4.98. The van der Waals surface area contributed by atoms with Crippen molar-refractivity contribution >= 4 is 10.8 Å². The van der Waals surface area contributed by atoms with E-state index < -0.39 is 6.29 Å². The van der Waals surface area contributed by atoms with Gasteiger partial charge in [-0.15, -0.1) is 0 Å². The van der Waals surface area contributed by atoms with Crippen molar-refractivity contribution in [1.29, 1.82) is 0 Å². The van der Waals surface area contributed by atoms with Crippen molar-refractivity contribution in [3.05, 3.63) is 46.2 Å². The van der Waals surface area contributed by atoms with Crippen LogP contribution in [0.5, 0.6) is 23.0 Å². The van der Waals surface area contributed by atoms with Gasteiger partial charge in [0.2, 0.25) is 0 Å². The molecule has 34 heavy (non-hydrogen) atoms. The largest absolute Gasteiger partial charge is 0.493 e.